The number of carboxylic acids is 1. The van der Waals surface area contributed by atoms with Crippen LogP contribution in [0, 0.1) is 0 Å². The number of hydrogen-bond acceptors (Lipinski definition) is 2. The molecular weight excluding hydrogens is 276 g/mol. The molecule has 0 unspecified atom stereocenters. The third kappa shape index (κ3) is 4.94. The third-order valence-corrected chi connectivity index (χ3v) is 3.09. The van der Waals surface area contributed by atoms with Gasteiger partial charge in [0, 0.05) is 6.08 Å². The summed E-state index contributed by atoms with van der Waals surface area (Å²) in [6.07, 6.45) is 4.50. The van der Waals surface area contributed by atoms with Gasteiger partial charge < -0.3 is 9.84 Å². The summed E-state index contributed by atoms with van der Waals surface area (Å²) < 4.78 is 5.69. The fourth-order valence-electron chi connectivity index (χ4n) is 1.94. The lowest BCUT2D eigenvalue weighted by molar-refractivity contribution is -0.131. The van der Waals surface area contributed by atoms with Gasteiger partial charge in [0.2, 0.25) is 0 Å². The van der Waals surface area contributed by atoms with Crippen LogP contribution in [0.3, 0.4) is 0 Å². The number of carboxylic acid groups (broad SMARTS) is 1. The fraction of sp³-hybridized carbons (Fsp3) is 0.105. The van der Waals surface area contributed by atoms with E-state index in [0.29, 0.717) is 6.61 Å². The van der Waals surface area contributed by atoms with Gasteiger partial charge in [0.25, 0.3) is 0 Å². The van der Waals surface area contributed by atoms with E-state index >= 15 is 0 Å². The molecule has 3 heteroatoms. The minimum atomic E-state index is -0.954. The Labute approximate surface area is 130 Å². The number of hydrogen-bond donors (Lipinski definition) is 1. The summed E-state index contributed by atoms with van der Waals surface area (Å²) in [4.78, 5) is 10.4. The van der Waals surface area contributed by atoms with Crippen molar-refractivity contribution >= 4 is 5.97 Å². The molecule has 3 nitrogen and oxygen atoms in total. The number of benzene rings is 2. The van der Waals surface area contributed by atoms with Gasteiger partial charge in [-0.25, -0.2) is 4.79 Å². The first-order valence-corrected chi connectivity index (χ1v) is 7.01. The van der Waals surface area contributed by atoms with E-state index in [4.69, 9.17) is 9.84 Å². The average Bonchev–Trinajstić information content (AvgIpc) is 2.54. The van der Waals surface area contributed by atoms with Crippen molar-refractivity contribution in [1.29, 1.82) is 0 Å². The van der Waals surface area contributed by atoms with E-state index in [1.807, 2.05) is 55.5 Å². The summed E-state index contributed by atoms with van der Waals surface area (Å²) >= 11 is 0. The molecule has 0 heterocycles. The monoisotopic (exact) mass is 294 g/mol. The quantitative estimate of drug-likeness (QED) is 0.637. The van der Waals surface area contributed by atoms with Gasteiger partial charge in [-0.15, -0.1) is 0 Å². The second-order valence-electron chi connectivity index (χ2n) is 4.82. The molecule has 0 spiro atoms. The highest BCUT2D eigenvalue weighted by Crippen LogP contribution is 2.23. The van der Waals surface area contributed by atoms with Crippen LogP contribution in [-0.2, 0) is 4.79 Å². The van der Waals surface area contributed by atoms with Crippen LogP contribution in [0.25, 0.3) is 11.1 Å². The molecule has 0 radical (unpaired) electrons. The molecule has 0 atom stereocenters. The standard InChI is InChI=1S/C19H18O3/c1-15(10-11-19(20)21)12-13-22-18-9-5-8-17(14-18)16-6-3-2-4-7-16/h2-12,14H,13H2,1H3,(H,20,21)/b11-10+,15-12+. The van der Waals surface area contributed by atoms with E-state index in [1.54, 1.807) is 6.08 Å². The lowest BCUT2D eigenvalue weighted by Gasteiger charge is -2.07. The molecule has 1 N–H and O–H groups in total. The second kappa shape index (κ2) is 7.84. The largest absolute Gasteiger partial charge is 0.490 e. The van der Waals surface area contributed by atoms with Crippen molar-refractivity contribution in [2.75, 3.05) is 6.61 Å². The highest BCUT2D eigenvalue weighted by molar-refractivity contribution is 5.80. The Morgan fingerprint density at radius 3 is 2.50 bits per heavy atom. The van der Waals surface area contributed by atoms with Crippen LogP contribution in [0.5, 0.6) is 5.75 Å². The lowest BCUT2D eigenvalue weighted by Crippen LogP contribution is -1.94. The van der Waals surface area contributed by atoms with Crippen molar-refractivity contribution in [3.05, 3.63) is 78.4 Å². The van der Waals surface area contributed by atoms with Gasteiger partial charge in [-0.3, -0.25) is 0 Å². The summed E-state index contributed by atoms with van der Waals surface area (Å²) in [5.74, 6) is -0.170. The van der Waals surface area contributed by atoms with Gasteiger partial charge in [0.1, 0.15) is 12.4 Å². The molecule has 2 aromatic carbocycles. The summed E-state index contributed by atoms with van der Waals surface area (Å²) in [6, 6.07) is 18.0. The molecule has 2 aromatic rings. The van der Waals surface area contributed by atoms with E-state index < -0.39 is 5.97 Å². The van der Waals surface area contributed by atoms with Gasteiger partial charge in [0.05, 0.1) is 0 Å². The molecule has 0 bridgehead atoms. The van der Waals surface area contributed by atoms with Gasteiger partial charge in [-0.05, 0) is 36.3 Å². The predicted molar refractivity (Wildman–Crippen MR) is 87.9 cm³/mol. The second-order valence-corrected chi connectivity index (χ2v) is 4.82. The maximum Gasteiger partial charge on any atom is 0.328 e. The SMILES string of the molecule is CC(/C=C/C(=O)O)=C\COc1cccc(-c2ccccc2)c1. The Hall–Kier alpha value is -2.81. The topological polar surface area (TPSA) is 46.5 Å². The van der Waals surface area contributed by atoms with E-state index in [1.165, 1.54) is 0 Å². The summed E-state index contributed by atoms with van der Waals surface area (Å²) in [5.41, 5.74) is 3.09. The molecule has 0 saturated carbocycles. The van der Waals surface area contributed by atoms with Crippen molar-refractivity contribution < 1.29 is 14.6 Å². The number of ether oxygens (including phenoxy) is 1. The number of allylic oxidation sites excluding steroid dienone is 2. The third-order valence-electron chi connectivity index (χ3n) is 3.09. The van der Waals surface area contributed by atoms with Crippen molar-refractivity contribution in [2.45, 2.75) is 6.92 Å². The molecule has 2 rings (SSSR count). The van der Waals surface area contributed by atoms with Gasteiger partial charge >= 0.3 is 5.97 Å². The van der Waals surface area contributed by atoms with Crippen LogP contribution in [-0.4, -0.2) is 17.7 Å². The normalized spacial score (nSPS) is 11.6. The lowest BCUT2D eigenvalue weighted by atomic mass is 10.1. The first kappa shape index (κ1) is 15.6. The maximum atomic E-state index is 10.4. The first-order valence-electron chi connectivity index (χ1n) is 7.01. The number of aliphatic carboxylic acids is 1. The molecule has 0 aliphatic rings. The van der Waals surface area contributed by atoms with Crippen LogP contribution in [0.4, 0.5) is 0 Å². The predicted octanol–water partition coefficient (Wildman–Crippen LogP) is 4.32. The molecule has 0 aliphatic heterocycles. The summed E-state index contributed by atoms with van der Waals surface area (Å²) in [6.45, 7) is 2.23. The molecule has 0 aromatic heterocycles. The van der Waals surface area contributed by atoms with Crippen LogP contribution < -0.4 is 4.74 Å². The van der Waals surface area contributed by atoms with Gasteiger partial charge in [0.15, 0.2) is 0 Å². The summed E-state index contributed by atoms with van der Waals surface area (Å²) in [7, 11) is 0. The first-order chi connectivity index (χ1) is 10.6. The van der Waals surface area contributed by atoms with Crippen LogP contribution in [0.1, 0.15) is 6.92 Å². The van der Waals surface area contributed by atoms with Crippen molar-refractivity contribution in [2.24, 2.45) is 0 Å². The molecule has 0 fully saturated rings. The van der Waals surface area contributed by atoms with Crippen LogP contribution in [0.2, 0.25) is 0 Å². The smallest absolute Gasteiger partial charge is 0.328 e. The van der Waals surface area contributed by atoms with Crippen molar-refractivity contribution in [3.63, 3.8) is 0 Å². The molecule has 0 saturated heterocycles. The minimum Gasteiger partial charge on any atom is -0.490 e. The van der Waals surface area contributed by atoms with E-state index in [2.05, 4.69) is 12.1 Å². The Bertz CT molecular complexity index is 685. The van der Waals surface area contributed by atoms with Crippen molar-refractivity contribution in [1.82, 2.24) is 0 Å². The summed E-state index contributed by atoms with van der Waals surface area (Å²) in [5, 5.41) is 8.56. The van der Waals surface area contributed by atoms with Crippen LogP contribution in [0.15, 0.2) is 78.4 Å². The Balaban J connectivity index is 2.00. The molecule has 0 aliphatic carbocycles. The highest BCUT2D eigenvalue weighted by atomic mass is 16.5. The van der Waals surface area contributed by atoms with Crippen LogP contribution >= 0.6 is 0 Å². The minimum absolute atomic E-state index is 0.397. The zero-order valence-electron chi connectivity index (χ0n) is 12.4. The molecular formula is C19H18O3. The zero-order valence-corrected chi connectivity index (χ0v) is 12.4. The Morgan fingerprint density at radius 2 is 1.77 bits per heavy atom. The molecule has 22 heavy (non-hydrogen) atoms. The Morgan fingerprint density at radius 1 is 1.05 bits per heavy atom. The Kier molecular flexibility index (Phi) is 5.55. The number of carbonyl (C=O) groups is 1. The maximum absolute atomic E-state index is 10.4. The highest BCUT2D eigenvalue weighted by Gasteiger charge is 1.99. The van der Waals surface area contributed by atoms with Gasteiger partial charge in [-0.2, -0.15) is 0 Å². The fourth-order valence-corrected chi connectivity index (χ4v) is 1.94. The van der Waals surface area contributed by atoms with Gasteiger partial charge in [-0.1, -0.05) is 54.1 Å². The number of rotatable bonds is 6. The van der Waals surface area contributed by atoms with E-state index in [0.717, 1.165) is 28.5 Å². The zero-order chi connectivity index (χ0) is 15.8. The van der Waals surface area contributed by atoms with Crippen molar-refractivity contribution in [3.8, 4) is 16.9 Å². The van der Waals surface area contributed by atoms with E-state index in [9.17, 15) is 4.79 Å². The molecule has 112 valence electrons. The average molecular weight is 294 g/mol. The molecule has 0 amide bonds. The van der Waals surface area contributed by atoms with E-state index in [-0.39, 0.29) is 0 Å².